The van der Waals surface area contributed by atoms with Crippen molar-refractivity contribution in [2.45, 2.75) is 38.1 Å². The van der Waals surface area contributed by atoms with Crippen LogP contribution in [0.25, 0.3) is 10.2 Å². The molecule has 1 amide bonds. The van der Waals surface area contributed by atoms with Crippen LogP contribution in [0.3, 0.4) is 0 Å². The Kier molecular flexibility index (Phi) is 6.99. The summed E-state index contributed by atoms with van der Waals surface area (Å²) in [4.78, 5) is 25.3. The van der Waals surface area contributed by atoms with Gasteiger partial charge in [0.1, 0.15) is 0 Å². The van der Waals surface area contributed by atoms with E-state index < -0.39 is 0 Å². The molecular weight excluding hydrogens is 422 g/mol. The maximum absolute atomic E-state index is 13.3. The largest absolute Gasteiger partial charge is 0.284 e. The molecule has 4 aromatic rings. The predicted octanol–water partition coefficient (Wildman–Crippen LogP) is 6.41. The molecule has 6 heteroatoms. The first kappa shape index (κ1) is 21.5. The van der Waals surface area contributed by atoms with Crippen molar-refractivity contribution in [1.82, 2.24) is 9.97 Å². The predicted molar refractivity (Wildman–Crippen MR) is 131 cm³/mol. The number of anilines is 1. The van der Waals surface area contributed by atoms with Gasteiger partial charge in [-0.25, -0.2) is 4.98 Å². The van der Waals surface area contributed by atoms with E-state index in [1.165, 1.54) is 16.0 Å². The number of aromatic nitrogens is 2. The number of carbonyl (C=O) groups excluding carboxylic acids is 1. The summed E-state index contributed by atoms with van der Waals surface area (Å²) in [6, 6.07) is 18.4. The zero-order valence-corrected chi connectivity index (χ0v) is 19.4. The van der Waals surface area contributed by atoms with E-state index in [9.17, 15) is 4.79 Å². The molecule has 31 heavy (non-hydrogen) atoms. The molecule has 4 nitrogen and oxygen atoms in total. The van der Waals surface area contributed by atoms with Gasteiger partial charge in [0, 0.05) is 23.7 Å². The SMILES string of the molecule is Cc1ccc2sc(N(Cc3ccncc3)C(=O)CCCSc3ccccc3)nc2c1C. The van der Waals surface area contributed by atoms with E-state index in [0.717, 1.165) is 33.1 Å². The molecule has 0 bridgehead atoms. The second-order valence-corrected chi connectivity index (χ2v) is 9.63. The molecule has 2 aromatic heterocycles. The van der Waals surface area contributed by atoms with Crippen LogP contribution >= 0.6 is 23.1 Å². The molecule has 0 fully saturated rings. The Balaban J connectivity index is 1.51. The van der Waals surface area contributed by atoms with Gasteiger partial charge in [-0.1, -0.05) is 35.6 Å². The molecule has 0 spiro atoms. The second kappa shape index (κ2) is 10.1. The van der Waals surface area contributed by atoms with E-state index in [1.807, 2.05) is 35.2 Å². The van der Waals surface area contributed by atoms with E-state index in [-0.39, 0.29) is 5.91 Å². The van der Waals surface area contributed by atoms with Gasteiger partial charge in [0.15, 0.2) is 5.13 Å². The third-order valence-corrected chi connectivity index (χ3v) is 7.38. The Bertz CT molecular complexity index is 1160. The van der Waals surface area contributed by atoms with Crippen molar-refractivity contribution in [3.05, 3.63) is 83.7 Å². The first-order chi connectivity index (χ1) is 15.1. The number of nitrogens with zero attached hydrogens (tertiary/aromatic N) is 3. The van der Waals surface area contributed by atoms with Crippen LogP contribution in [0.4, 0.5) is 5.13 Å². The van der Waals surface area contributed by atoms with Crippen LogP contribution in [0.1, 0.15) is 29.5 Å². The number of thioether (sulfide) groups is 1. The van der Waals surface area contributed by atoms with Gasteiger partial charge in [-0.05, 0) is 73.0 Å². The number of benzene rings is 2. The summed E-state index contributed by atoms with van der Waals surface area (Å²) in [6.45, 7) is 4.69. The van der Waals surface area contributed by atoms with Crippen LogP contribution in [0.15, 0.2) is 71.9 Å². The summed E-state index contributed by atoms with van der Waals surface area (Å²) in [5.41, 5.74) is 4.44. The fourth-order valence-corrected chi connectivity index (χ4v) is 5.24. The molecule has 0 aliphatic rings. The molecule has 0 N–H and O–H groups in total. The highest BCUT2D eigenvalue weighted by Gasteiger charge is 2.20. The van der Waals surface area contributed by atoms with E-state index in [2.05, 4.69) is 43.1 Å². The summed E-state index contributed by atoms with van der Waals surface area (Å²) in [6.07, 6.45) is 4.85. The van der Waals surface area contributed by atoms with Crippen LogP contribution in [-0.4, -0.2) is 21.6 Å². The lowest BCUT2D eigenvalue weighted by atomic mass is 10.1. The smallest absolute Gasteiger partial charge is 0.229 e. The molecule has 0 aliphatic carbocycles. The highest BCUT2D eigenvalue weighted by atomic mass is 32.2. The molecule has 0 saturated heterocycles. The zero-order chi connectivity index (χ0) is 21.6. The number of rotatable bonds is 8. The van der Waals surface area contributed by atoms with Gasteiger partial charge in [-0.15, -0.1) is 11.8 Å². The Labute approximate surface area is 191 Å². The zero-order valence-electron chi connectivity index (χ0n) is 17.7. The second-order valence-electron chi connectivity index (χ2n) is 7.45. The van der Waals surface area contributed by atoms with E-state index in [0.29, 0.717) is 13.0 Å². The first-order valence-electron chi connectivity index (χ1n) is 10.4. The standard InChI is InChI=1S/C25H25N3OS2/c1-18-10-11-22-24(19(18)2)27-25(31-22)28(17-20-12-14-26-15-13-20)23(29)9-6-16-30-21-7-4-3-5-8-21/h3-5,7-8,10-15H,6,9,16-17H2,1-2H3. The molecule has 4 rings (SSSR count). The van der Waals surface area contributed by atoms with Crippen LogP contribution in [-0.2, 0) is 11.3 Å². The maximum atomic E-state index is 13.3. The van der Waals surface area contributed by atoms with E-state index in [4.69, 9.17) is 4.98 Å². The van der Waals surface area contributed by atoms with E-state index >= 15 is 0 Å². The molecule has 0 atom stereocenters. The number of pyridine rings is 1. The highest BCUT2D eigenvalue weighted by molar-refractivity contribution is 7.99. The van der Waals surface area contributed by atoms with Gasteiger partial charge >= 0.3 is 0 Å². The highest BCUT2D eigenvalue weighted by Crippen LogP contribution is 2.33. The lowest BCUT2D eigenvalue weighted by molar-refractivity contribution is -0.118. The fourth-order valence-electron chi connectivity index (χ4n) is 3.33. The molecular formula is C25H25N3OS2. The fraction of sp³-hybridized carbons (Fsp3) is 0.240. The number of hydrogen-bond donors (Lipinski definition) is 0. The summed E-state index contributed by atoms with van der Waals surface area (Å²) < 4.78 is 1.12. The molecule has 0 unspecified atom stereocenters. The summed E-state index contributed by atoms with van der Waals surface area (Å²) in [5, 5.41) is 0.765. The van der Waals surface area contributed by atoms with Gasteiger partial charge in [-0.3, -0.25) is 14.7 Å². The van der Waals surface area contributed by atoms with Crippen molar-refractivity contribution in [2.75, 3.05) is 10.7 Å². The van der Waals surface area contributed by atoms with Gasteiger partial charge in [-0.2, -0.15) is 0 Å². The minimum atomic E-state index is 0.110. The van der Waals surface area contributed by atoms with Crippen LogP contribution in [0.5, 0.6) is 0 Å². The Morgan fingerprint density at radius 2 is 1.81 bits per heavy atom. The molecule has 0 radical (unpaired) electrons. The summed E-state index contributed by atoms with van der Waals surface area (Å²) in [7, 11) is 0. The van der Waals surface area contributed by atoms with Crippen molar-refractivity contribution in [3.8, 4) is 0 Å². The number of carbonyl (C=O) groups is 1. The summed E-state index contributed by atoms with van der Waals surface area (Å²) >= 11 is 3.37. The number of aryl methyl sites for hydroxylation is 2. The van der Waals surface area contributed by atoms with Crippen molar-refractivity contribution in [2.24, 2.45) is 0 Å². The Morgan fingerprint density at radius 3 is 2.58 bits per heavy atom. The third kappa shape index (κ3) is 5.32. The molecule has 2 heterocycles. The van der Waals surface area contributed by atoms with Gasteiger partial charge < -0.3 is 0 Å². The van der Waals surface area contributed by atoms with Crippen LogP contribution in [0.2, 0.25) is 0 Å². The maximum Gasteiger partial charge on any atom is 0.229 e. The number of hydrogen-bond acceptors (Lipinski definition) is 5. The van der Waals surface area contributed by atoms with Gasteiger partial charge in [0.25, 0.3) is 0 Å². The normalized spacial score (nSPS) is 11.0. The minimum absolute atomic E-state index is 0.110. The molecule has 0 saturated carbocycles. The van der Waals surface area contributed by atoms with Crippen LogP contribution < -0.4 is 4.90 Å². The number of amides is 1. The van der Waals surface area contributed by atoms with E-state index in [1.54, 1.807) is 35.5 Å². The lowest BCUT2D eigenvalue weighted by Gasteiger charge is -2.20. The quantitative estimate of drug-likeness (QED) is 0.231. The Morgan fingerprint density at radius 1 is 1.03 bits per heavy atom. The average molecular weight is 448 g/mol. The summed E-state index contributed by atoms with van der Waals surface area (Å²) in [5.74, 6) is 1.02. The van der Waals surface area contributed by atoms with Crippen LogP contribution in [0, 0.1) is 13.8 Å². The van der Waals surface area contributed by atoms with Gasteiger partial charge in [0.2, 0.25) is 5.91 Å². The third-order valence-electron chi connectivity index (χ3n) is 5.24. The lowest BCUT2D eigenvalue weighted by Crippen LogP contribution is -2.30. The van der Waals surface area contributed by atoms with Crippen molar-refractivity contribution >= 4 is 44.4 Å². The number of thiazole rings is 1. The van der Waals surface area contributed by atoms with Gasteiger partial charge in [0.05, 0.1) is 16.8 Å². The number of fused-ring (bicyclic) bond motifs is 1. The average Bonchev–Trinajstić information content (AvgIpc) is 3.23. The molecule has 2 aromatic carbocycles. The van der Waals surface area contributed by atoms with Crippen molar-refractivity contribution < 1.29 is 4.79 Å². The molecule has 0 aliphatic heterocycles. The minimum Gasteiger partial charge on any atom is -0.284 e. The first-order valence-corrected chi connectivity index (χ1v) is 12.2. The van der Waals surface area contributed by atoms with Crippen molar-refractivity contribution in [1.29, 1.82) is 0 Å². The monoisotopic (exact) mass is 447 g/mol. The van der Waals surface area contributed by atoms with Crippen molar-refractivity contribution in [3.63, 3.8) is 0 Å². The molecule has 158 valence electrons. The Hall–Kier alpha value is -2.70. The topological polar surface area (TPSA) is 46.1 Å².